The van der Waals surface area contributed by atoms with E-state index in [4.69, 9.17) is 4.74 Å². The van der Waals surface area contributed by atoms with Crippen LogP contribution in [0, 0.1) is 0 Å². The average molecular weight is 366 g/mol. The third-order valence-corrected chi connectivity index (χ3v) is 4.26. The number of rotatable bonds is 5. The van der Waals surface area contributed by atoms with Crippen molar-refractivity contribution in [1.82, 2.24) is 14.8 Å². The van der Waals surface area contributed by atoms with Gasteiger partial charge in [0.15, 0.2) is 11.8 Å². The van der Waals surface area contributed by atoms with E-state index in [0.29, 0.717) is 5.65 Å². The summed E-state index contributed by atoms with van der Waals surface area (Å²) in [6.45, 7) is 5.57. The van der Waals surface area contributed by atoms with Crippen LogP contribution >= 0.6 is 0 Å². The normalized spacial score (nSPS) is 12.2. The number of amides is 1. The number of carbonyl (C=O) groups is 2. The van der Waals surface area contributed by atoms with E-state index in [0.717, 1.165) is 11.1 Å². The summed E-state index contributed by atoms with van der Waals surface area (Å²) in [5.74, 6) is -0.903. The summed E-state index contributed by atoms with van der Waals surface area (Å²) in [6, 6.07) is 11.0. The zero-order chi connectivity index (χ0) is 19.6. The number of pyridine rings is 1. The molecule has 0 fully saturated rings. The van der Waals surface area contributed by atoms with Gasteiger partial charge in [-0.1, -0.05) is 18.2 Å². The predicted octanol–water partition coefficient (Wildman–Crippen LogP) is 3.22. The monoisotopic (exact) mass is 366 g/mol. The molecule has 140 valence electrons. The van der Waals surface area contributed by atoms with Crippen LogP contribution in [0.1, 0.15) is 37.2 Å². The molecule has 0 bridgehead atoms. The average Bonchev–Trinajstić information content (AvgIpc) is 3.10. The van der Waals surface area contributed by atoms with Crippen molar-refractivity contribution in [2.45, 2.75) is 32.9 Å². The van der Waals surface area contributed by atoms with Gasteiger partial charge in [-0.2, -0.15) is 5.10 Å². The van der Waals surface area contributed by atoms with Crippen LogP contribution < -0.4 is 4.90 Å². The molecule has 2 heterocycles. The Bertz CT molecular complexity index is 966. The highest BCUT2D eigenvalue weighted by Gasteiger charge is 2.23. The molecule has 1 atom stereocenters. The highest BCUT2D eigenvalue weighted by atomic mass is 16.5. The van der Waals surface area contributed by atoms with Gasteiger partial charge in [0.2, 0.25) is 0 Å². The summed E-state index contributed by atoms with van der Waals surface area (Å²) in [6.07, 6.45) is 2.19. The van der Waals surface area contributed by atoms with Gasteiger partial charge in [0.05, 0.1) is 11.8 Å². The lowest BCUT2D eigenvalue weighted by atomic mass is 10.2. The first-order valence-electron chi connectivity index (χ1n) is 8.75. The van der Waals surface area contributed by atoms with E-state index in [1.807, 2.05) is 44.2 Å². The molecule has 3 rings (SSSR count). The Hall–Kier alpha value is -3.22. The number of ether oxygens (including phenoxy) is 1. The maximum absolute atomic E-state index is 12.5. The largest absolute Gasteiger partial charge is 0.449 e. The lowest BCUT2D eigenvalue weighted by Gasteiger charge is -2.21. The van der Waals surface area contributed by atoms with Gasteiger partial charge in [-0.15, -0.1) is 0 Å². The zero-order valence-electron chi connectivity index (χ0n) is 15.8. The van der Waals surface area contributed by atoms with Crippen LogP contribution in [0.5, 0.6) is 0 Å². The summed E-state index contributed by atoms with van der Waals surface area (Å²) < 4.78 is 7.13. The molecule has 0 unspecified atom stereocenters. The van der Waals surface area contributed by atoms with Gasteiger partial charge >= 0.3 is 5.97 Å². The van der Waals surface area contributed by atoms with Crippen molar-refractivity contribution in [2.24, 2.45) is 0 Å². The molecule has 0 spiro atoms. The minimum atomic E-state index is -0.920. The first kappa shape index (κ1) is 18.6. The van der Waals surface area contributed by atoms with Crippen molar-refractivity contribution in [3.05, 3.63) is 54.4 Å². The van der Waals surface area contributed by atoms with E-state index in [9.17, 15) is 9.59 Å². The number of anilines is 1. The maximum atomic E-state index is 12.5. The van der Waals surface area contributed by atoms with Gasteiger partial charge in [-0.3, -0.25) is 4.79 Å². The number of aromatic nitrogens is 3. The molecule has 0 saturated carbocycles. The fraction of sp³-hybridized carbons (Fsp3) is 0.300. The summed E-state index contributed by atoms with van der Waals surface area (Å²) >= 11 is 0. The number of hydrogen-bond donors (Lipinski definition) is 0. The fourth-order valence-electron chi connectivity index (χ4n) is 2.76. The van der Waals surface area contributed by atoms with Gasteiger partial charge in [0.1, 0.15) is 0 Å². The molecular weight excluding hydrogens is 344 g/mol. The van der Waals surface area contributed by atoms with E-state index < -0.39 is 12.1 Å². The topological polar surface area (TPSA) is 77.3 Å². The summed E-state index contributed by atoms with van der Waals surface area (Å²) in [5, 5.41) is 5.03. The molecule has 1 aromatic carbocycles. The van der Waals surface area contributed by atoms with E-state index in [2.05, 4.69) is 10.1 Å². The van der Waals surface area contributed by atoms with Crippen LogP contribution in [-0.4, -0.2) is 39.8 Å². The second-order valence-corrected chi connectivity index (χ2v) is 6.60. The second kappa shape index (κ2) is 7.57. The Balaban J connectivity index is 1.72. The fourth-order valence-corrected chi connectivity index (χ4v) is 2.76. The molecule has 2 aromatic heterocycles. The first-order valence-corrected chi connectivity index (χ1v) is 8.75. The quantitative estimate of drug-likeness (QED) is 0.648. The highest BCUT2D eigenvalue weighted by Crippen LogP contribution is 2.18. The van der Waals surface area contributed by atoms with E-state index >= 15 is 0 Å². The number of likely N-dealkylation sites (N-methyl/N-ethyl adjacent to an activating group) is 1. The van der Waals surface area contributed by atoms with Gasteiger partial charge in [0, 0.05) is 30.4 Å². The van der Waals surface area contributed by atoms with E-state index in [-0.39, 0.29) is 17.5 Å². The number of carbonyl (C=O) groups excluding carboxylic acids is 2. The van der Waals surface area contributed by atoms with Crippen LogP contribution in [0.2, 0.25) is 0 Å². The van der Waals surface area contributed by atoms with Gasteiger partial charge in [-0.05, 0) is 39.0 Å². The zero-order valence-corrected chi connectivity index (χ0v) is 15.8. The van der Waals surface area contributed by atoms with Gasteiger partial charge in [-0.25, -0.2) is 14.5 Å². The third kappa shape index (κ3) is 3.81. The Labute approximate surface area is 157 Å². The summed E-state index contributed by atoms with van der Waals surface area (Å²) in [7, 11) is 1.65. The van der Waals surface area contributed by atoms with Crippen molar-refractivity contribution in [3.8, 4) is 0 Å². The van der Waals surface area contributed by atoms with E-state index in [1.165, 1.54) is 11.1 Å². The molecule has 7 heteroatoms. The first-order chi connectivity index (χ1) is 12.9. The molecule has 0 aliphatic rings. The number of fused-ring (bicyclic) bond motifs is 1. The van der Waals surface area contributed by atoms with Gasteiger partial charge < -0.3 is 9.64 Å². The molecule has 3 aromatic rings. The predicted molar refractivity (Wildman–Crippen MR) is 103 cm³/mol. The Morgan fingerprint density at radius 3 is 2.48 bits per heavy atom. The SMILES string of the molecule is CC(C)n1ncc2cc(C(=O)O[C@H](C)C(=O)N(C)c3ccccc3)cnc21. The van der Waals surface area contributed by atoms with Crippen molar-refractivity contribution in [2.75, 3.05) is 11.9 Å². The number of nitrogens with zero attached hydrogens (tertiary/aromatic N) is 4. The minimum absolute atomic E-state index is 0.166. The summed E-state index contributed by atoms with van der Waals surface area (Å²) in [5.41, 5.74) is 1.72. The molecule has 0 radical (unpaired) electrons. The molecule has 0 saturated heterocycles. The van der Waals surface area contributed by atoms with Crippen LogP contribution in [0.25, 0.3) is 11.0 Å². The number of esters is 1. The Kier molecular flexibility index (Phi) is 5.21. The molecule has 0 aliphatic heterocycles. The maximum Gasteiger partial charge on any atom is 0.340 e. The van der Waals surface area contributed by atoms with Crippen LogP contribution in [0.3, 0.4) is 0 Å². The van der Waals surface area contributed by atoms with Crippen molar-refractivity contribution in [1.29, 1.82) is 0 Å². The van der Waals surface area contributed by atoms with Crippen LogP contribution in [0.15, 0.2) is 48.8 Å². The Morgan fingerprint density at radius 1 is 1.11 bits per heavy atom. The lowest BCUT2D eigenvalue weighted by Crippen LogP contribution is -2.37. The number of benzene rings is 1. The third-order valence-electron chi connectivity index (χ3n) is 4.26. The van der Waals surface area contributed by atoms with Crippen LogP contribution in [0.4, 0.5) is 5.69 Å². The van der Waals surface area contributed by atoms with Crippen LogP contribution in [-0.2, 0) is 9.53 Å². The molecular formula is C20H22N4O3. The molecule has 0 N–H and O–H groups in total. The molecule has 7 nitrogen and oxygen atoms in total. The van der Waals surface area contributed by atoms with Crippen molar-refractivity contribution in [3.63, 3.8) is 0 Å². The van der Waals surface area contributed by atoms with Gasteiger partial charge in [0.25, 0.3) is 5.91 Å². The minimum Gasteiger partial charge on any atom is -0.449 e. The number of para-hydroxylation sites is 1. The van der Waals surface area contributed by atoms with Crippen molar-refractivity contribution >= 4 is 28.6 Å². The Morgan fingerprint density at radius 2 is 1.81 bits per heavy atom. The van der Waals surface area contributed by atoms with E-state index in [1.54, 1.807) is 30.9 Å². The summed E-state index contributed by atoms with van der Waals surface area (Å²) in [4.78, 5) is 30.8. The lowest BCUT2D eigenvalue weighted by molar-refractivity contribution is -0.126. The highest BCUT2D eigenvalue weighted by molar-refractivity contribution is 5.99. The number of hydrogen-bond acceptors (Lipinski definition) is 5. The molecule has 1 amide bonds. The molecule has 0 aliphatic carbocycles. The molecule has 27 heavy (non-hydrogen) atoms. The second-order valence-electron chi connectivity index (χ2n) is 6.60. The standard InChI is InChI=1S/C20H22N4O3/c1-13(2)24-18-15(12-22-24)10-16(11-21-18)20(26)27-14(3)19(25)23(4)17-8-6-5-7-9-17/h5-14H,1-4H3/t14-/m1/s1. The smallest absolute Gasteiger partial charge is 0.340 e. The van der Waals surface area contributed by atoms with Crippen molar-refractivity contribution < 1.29 is 14.3 Å².